The smallest absolute Gasteiger partial charge is 0.130 e. The molecule has 0 aliphatic carbocycles. The van der Waals surface area contributed by atoms with E-state index in [9.17, 15) is 4.79 Å². The highest BCUT2D eigenvalue weighted by Crippen LogP contribution is 2.32. The monoisotopic (exact) mass is 338 g/mol. The van der Waals surface area contributed by atoms with Gasteiger partial charge in [-0.05, 0) is 18.4 Å². The van der Waals surface area contributed by atoms with Crippen LogP contribution >= 0.6 is 0 Å². The van der Waals surface area contributed by atoms with Gasteiger partial charge >= 0.3 is 0 Å². The van der Waals surface area contributed by atoms with Gasteiger partial charge in [0.05, 0.1) is 23.1 Å². The summed E-state index contributed by atoms with van der Waals surface area (Å²) in [5.41, 5.74) is 9.65. The minimum atomic E-state index is -0.135. The van der Waals surface area contributed by atoms with Gasteiger partial charge in [0.1, 0.15) is 11.3 Å². The van der Waals surface area contributed by atoms with E-state index in [1.165, 1.54) is 0 Å². The minimum absolute atomic E-state index is 0.135. The molecule has 1 unspecified atom stereocenters. The molecule has 5 heteroatoms. The Kier molecular flexibility index (Phi) is 4.60. The third-order valence-electron chi connectivity index (χ3n) is 4.63. The van der Waals surface area contributed by atoms with Crippen molar-refractivity contribution in [2.24, 2.45) is 11.1 Å². The molecule has 3 aromatic rings. The van der Waals surface area contributed by atoms with Crippen LogP contribution in [0.15, 0.2) is 30.6 Å². The lowest BCUT2D eigenvalue weighted by molar-refractivity contribution is -0.119. The molecule has 0 fully saturated rings. The van der Waals surface area contributed by atoms with Gasteiger partial charge in [-0.15, -0.1) is 0 Å². The Morgan fingerprint density at radius 3 is 2.72 bits per heavy atom. The Labute approximate surface area is 148 Å². The Bertz CT molecular complexity index is 926. The molecule has 2 aromatic heterocycles. The molecule has 5 nitrogen and oxygen atoms in total. The van der Waals surface area contributed by atoms with Crippen LogP contribution in [0.4, 0.5) is 0 Å². The fourth-order valence-electron chi connectivity index (χ4n) is 3.57. The number of carbonyl (C=O) groups excluding carboxylic acids is 1. The number of pyridine rings is 1. The summed E-state index contributed by atoms with van der Waals surface area (Å²) in [6.07, 6.45) is 2.41. The van der Waals surface area contributed by atoms with E-state index in [4.69, 9.17) is 10.7 Å². The van der Waals surface area contributed by atoms with Crippen LogP contribution < -0.4 is 5.73 Å². The summed E-state index contributed by atoms with van der Waals surface area (Å²) < 4.78 is 2.16. The summed E-state index contributed by atoms with van der Waals surface area (Å²) in [5.74, 6) is 0.346. The maximum Gasteiger partial charge on any atom is 0.130 e. The lowest BCUT2D eigenvalue weighted by atomic mass is 9.87. The highest BCUT2D eigenvalue weighted by molar-refractivity contribution is 6.03. The molecule has 0 spiro atoms. The predicted molar refractivity (Wildman–Crippen MR) is 102 cm³/mol. The van der Waals surface area contributed by atoms with Crippen molar-refractivity contribution in [2.75, 3.05) is 6.54 Å². The van der Waals surface area contributed by atoms with Crippen molar-refractivity contribution in [3.05, 3.63) is 36.3 Å². The zero-order valence-corrected chi connectivity index (χ0v) is 15.4. The largest absolute Gasteiger partial charge is 0.330 e. The number of aromatic nitrogens is 3. The molecule has 2 N–H and O–H groups in total. The fourth-order valence-corrected chi connectivity index (χ4v) is 3.57. The van der Waals surface area contributed by atoms with Gasteiger partial charge < -0.3 is 15.1 Å². The SMILES string of the molecule is CC(=O)CC(C)(C)Cn1cnc2c(C(C)CN)nc3ccccc3c21. The number of benzene rings is 1. The van der Waals surface area contributed by atoms with Crippen molar-refractivity contribution in [1.82, 2.24) is 14.5 Å². The van der Waals surface area contributed by atoms with Crippen LogP contribution in [0.1, 0.15) is 45.7 Å². The van der Waals surface area contributed by atoms with Crippen molar-refractivity contribution >= 4 is 27.7 Å². The minimum Gasteiger partial charge on any atom is -0.330 e. The van der Waals surface area contributed by atoms with Gasteiger partial charge in [-0.1, -0.05) is 39.0 Å². The fraction of sp³-hybridized carbons (Fsp3) is 0.450. The maximum absolute atomic E-state index is 11.6. The van der Waals surface area contributed by atoms with Crippen molar-refractivity contribution in [3.63, 3.8) is 0 Å². The van der Waals surface area contributed by atoms with Crippen LogP contribution in [0.25, 0.3) is 21.9 Å². The number of nitrogens with zero attached hydrogens (tertiary/aromatic N) is 3. The molecule has 0 bridgehead atoms. The second-order valence-electron chi connectivity index (χ2n) is 7.76. The highest BCUT2D eigenvalue weighted by Gasteiger charge is 2.24. The number of hydrogen-bond donors (Lipinski definition) is 1. The topological polar surface area (TPSA) is 73.8 Å². The van der Waals surface area contributed by atoms with E-state index >= 15 is 0 Å². The summed E-state index contributed by atoms with van der Waals surface area (Å²) in [6, 6.07) is 8.13. The molecule has 0 radical (unpaired) electrons. The summed E-state index contributed by atoms with van der Waals surface area (Å²) in [6.45, 7) is 9.22. The van der Waals surface area contributed by atoms with E-state index in [-0.39, 0.29) is 17.1 Å². The lowest BCUT2D eigenvalue weighted by Crippen LogP contribution is -2.22. The normalized spacial score (nSPS) is 13.5. The van der Waals surface area contributed by atoms with Crippen molar-refractivity contribution in [3.8, 4) is 0 Å². The molecule has 2 heterocycles. The summed E-state index contributed by atoms with van der Waals surface area (Å²) in [7, 11) is 0. The third kappa shape index (κ3) is 3.42. The number of Topliss-reactive ketones (excluding diaryl/α,β-unsaturated/α-hetero) is 1. The number of fused-ring (bicyclic) bond motifs is 3. The van der Waals surface area contributed by atoms with Crippen LogP contribution in [-0.4, -0.2) is 26.9 Å². The number of imidazole rings is 1. The number of carbonyl (C=O) groups is 1. The van der Waals surface area contributed by atoms with E-state index in [0.29, 0.717) is 13.0 Å². The van der Waals surface area contributed by atoms with Gasteiger partial charge in [-0.2, -0.15) is 0 Å². The molecule has 3 rings (SSSR count). The first-order chi connectivity index (χ1) is 11.8. The molecule has 0 aliphatic rings. The molecular formula is C20H26N4O. The van der Waals surface area contributed by atoms with Gasteiger partial charge in [-0.3, -0.25) is 4.98 Å². The predicted octanol–water partition coefficient (Wildman–Crippen LogP) is 3.65. The second-order valence-corrected chi connectivity index (χ2v) is 7.76. The Morgan fingerprint density at radius 1 is 1.32 bits per heavy atom. The molecule has 0 amide bonds. The number of hydrogen-bond acceptors (Lipinski definition) is 4. The molecule has 0 aliphatic heterocycles. The number of rotatable bonds is 6. The van der Waals surface area contributed by atoms with Crippen LogP contribution in [0.5, 0.6) is 0 Å². The zero-order chi connectivity index (χ0) is 18.2. The number of nitrogens with two attached hydrogens (primary N) is 1. The first-order valence-corrected chi connectivity index (χ1v) is 8.75. The van der Waals surface area contributed by atoms with Crippen LogP contribution in [0.3, 0.4) is 0 Å². The van der Waals surface area contributed by atoms with E-state index in [2.05, 4.69) is 36.4 Å². The van der Waals surface area contributed by atoms with Crippen LogP contribution in [0.2, 0.25) is 0 Å². The standard InChI is InChI=1S/C20H26N4O/c1-13(10-21)17-18-19(15-7-5-6-8-16(15)23-17)24(12-22-18)11-20(3,4)9-14(2)25/h5-8,12-13H,9-11,21H2,1-4H3. The van der Waals surface area contributed by atoms with Gasteiger partial charge in [0, 0.05) is 30.8 Å². The van der Waals surface area contributed by atoms with E-state index in [1.54, 1.807) is 6.92 Å². The van der Waals surface area contributed by atoms with Crippen LogP contribution in [0, 0.1) is 5.41 Å². The average molecular weight is 338 g/mol. The van der Waals surface area contributed by atoms with E-state index in [1.807, 2.05) is 24.5 Å². The Morgan fingerprint density at radius 2 is 2.04 bits per heavy atom. The van der Waals surface area contributed by atoms with E-state index < -0.39 is 0 Å². The number of para-hydroxylation sites is 1. The Balaban J connectivity index is 2.21. The molecule has 1 atom stereocenters. The van der Waals surface area contributed by atoms with Gasteiger partial charge in [0.25, 0.3) is 0 Å². The lowest BCUT2D eigenvalue weighted by Gasteiger charge is -2.24. The molecule has 0 saturated carbocycles. The first kappa shape index (κ1) is 17.5. The molecule has 132 valence electrons. The molecule has 0 saturated heterocycles. The second kappa shape index (κ2) is 6.56. The van der Waals surface area contributed by atoms with Gasteiger partial charge in [0.2, 0.25) is 0 Å². The summed E-state index contributed by atoms with van der Waals surface area (Å²) in [5, 5.41) is 1.08. The average Bonchev–Trinajstić information content (AvgIpc) is 2.95. The third-order valence-corrected chi connectivity index (χ3v) is 4.63. The first-order valence-electron chi connectivity index (χ1n) is 8.75. The van der Waals surface area contributed by atoms with Crippen molar-refractivity contribution < 1.29 is 4.79 Å². The highest BCUT2D eigenvalue weighted by atomic mass is 16.1. The van der Waals surface area contributed by atoms with Gasteiger partial charge in [-0.25, -0.2) is 4.98 Å². The van der Waals surface area contributed by atoms with Crippen molar-refractivity contribution in [2.45, 2.75) is 46.6 Å². The molecule has 25 heavy (non-hydrogen) atoms. The summed E-state index contributed by atoms with van der Waals surface area (Å²) >= 11 is 0. The Hall–Kier alpha value is -2.27. The maximum atomic E-state index is 11.6. The van der Waals surface area contributed by atoms with Gasteiger partial charge in [0.15, 0.2) is 0 Å². The molecule has 1 aromatic carbocycles. The van der Waals surface area contributed by atoms with Crippen molar-refractivity contribution in [1.29, 1.82) is 0 Å². The van der Waals surface area contributed by atoms with Crippen LogP contribution in [-0.2, 0) is 11.3 Å². The number of ketones is 1. The quantitative estimate of drug-likeness (QED) is 0.744. The van der Waals surface area contributed by atoms with E-state index in [0.717, 1.165) is 34.2 Å². The zero-order valence-electron chi connectivity index (χ0n) is 15.4. The molecular weight excluding hydrogens is 312 g/mol. The summed E-state index contributed by atoms with van der Waals surface area (Å²) in [4.78, 5) is 21.1.